The number of anilines is 1. The molecule has 0 aliphatic heterocycles. The van der Waals surface area contributed by atoms with Gasteiger partial charge in [-0.3, -0.25) is 9.59 Å². The number of alkyl halides is 3. The smallest absolute Gasteiger partial charge is 0.334 e. The quantitative estimate of drug-likeness (QED) is 0.838. The van der Waals surface area contributed by atoms with Gasteiger partial charge in [0, 0.05) is 19.3 Å². The second kappa shape index (κ2) is 8.22. The van der Waals surface area contributed by atoms with Gasteiger partial charge in [0.05, 0.1) is 0 Å². The summed E-state index contributed by atoms with van der Waals surface area (Å²) in [6.07, 6.45) is -4.93. The first-order valence-electron chi connectivity index (χ1n) is 8.12. The Bertz CT molecular complexity index is 820. The number of carbonyl (C=O) groups is 2. The number of nitrogens with zero attached hydrogens (tertiary/aromatic N) is 1. The number of halogens is 3. The average Bonchev–Trinajstić information content (AvgIpc) is 2.60. The van der Waals surface area contributed by atoms with E-state index in [-0.39, 0.29) is 6.54 Å². The number of amides is 2. The highest BCUT2D eigenvalue weighted by atomic mass is 19.4. The molecule has 1 atom stereocenters. The van der Waals surface area contributed by atoms with Gasteiger partial charge in [-0.25, -0.2) is 0 Å². The molecule has 8 heteroatoms. The Morgan fingerprint density at radius 2 is 1.78 bits per heavy atom. The molecule has 0 bridgehead atoms. The summed E-state index contributed by atoms with van der Waals surface area (Å²) in [6, 6.07) is 12.6. The SMILES string of the molecule is Cc1ccc(C(N)C(=O)Nc2cccc(CN(C)C(=O)C(F)(F)F)c2)cc1. The van der Waals surface area contributed by atoms with Gasteiger partial charge in [-0.15, -0.1) is 0 Å². The fourth-order valence-corrected chi connectivity index (χ4v) is 2.45. The molecule has 2 amide bonds. The molecular weight excluding hydrogens is 359 g/mol. The van der Waals surface area contributed by atoms with Crippen LogP contribution < -0.4 is 11.1 Å². The van der Waals surface area contributed by atoms with Crippen molar-refractivity contribution in [1.82, 2.24) is 4.90 Å². The summed E-state index contributed by atoms with van der Waals surface area (Å²) in [5.74, 6) is -2.38. The van der Waals surface area contributed by atoms with E-state index in [0.717, 1.165) is 12.6 Å². The minimum absolute atomic E-state index is 0.244. The first-order chi connectivity index (χ1) is 12.6. The molecule has 27 heavy (non-hydrogen) atoms. The van der Waals surface area contributed by atoms with Crippen LogP contribution in [-0.2, 0) is 16.1 Å². The molecule has 0 heterocycles. The zero-order valence-corrected chi connectivity index (χ0v) is 14.9. The lowest BCUT2D eigenvalue weighted by molar-refractivity contribution is -0.184. The third kappa shape index (κ3) is 5.55. The number of rotatable bonds is 5. The van der Waals surface area contributed by atoms with Crippen LogP contribution in [0.5, 0.6) is 0 Å². The van der Waals surface area contributed by atoms with E-state index in [9.17, 15) is 22.8 Å². The summed E-state index contributed by atoms with van der Waals surface area (Å²) in [7, 11) is 1.06. The molecule has 1 unspecified atom stereocenters. The van der Waals surface area contributed by atoms with Gasteiger partial charge >= 0.3 is 12.1 Å². The van der Waals surface area contributed by atoms with Crippen LogP contribution in [0.2, 0.25) is 0 Å². The van der Waals surface area contributed by atoms with Crippen LogP contribution in [0.15, 0.2) is 48.5 Å². The zero-order chi connectivity index (χ0) is 20.2. The van der Waals surface area contributed by atoms with E-state index in [2.05, 4.69) is 5.32 Å². The molecule has 2 aromatic carbocycles. The number of carbonyl (C=O) groups excluding carboxylic acids is 2. The Balaban J connectivity index is 2.05. The fraction of sp³-hybridized carbons (Fsp3) is 0.263. The monoisotopic (exact) mass is 379 g/mol. The molecular formula is C19H20F3N3O2. The molecule has 0 spiro atoms. The van der Waals surface area contributed by atoms with Gasteiger partial charge in [-0.1, -0.05) is 42.0 Å². The van der Waals surface area contributed by atoms with E-state index in [1.165, 1.54) is 6.07 Å². The molecule has 3 N–H and O–H groups in total. The molecule has 0 saturated carbocycles. The minimum atomic E-state index is -4.93. The summed E-state index contributed by atoms with van der Waals surface area (Å²) in [5.41, 5.74) is 8.46. The first kappa shape index (κ1) is 20.4. The van der Waals surface area contributed by atoms with Crippen LogP contribution in [0.1, 0.15) is 22.7 Å². The zero-order valence-electron chi connectivity index (χ0n) is 14.9. The maximum Gasteiger partial charge on any atom is 0.471 e. The molecule has 0 aliphatic rings. The van der Waals surface area contributed by atoms with Crippen LogP contribution in [0, 0.1) is 6.92 Å². The van der Waals surface area contributed by atoms with Gasteiger partial charge in [0.15, 0.2) is 0 Å². The van der Waals surface area contributed by atoms with Crippen LogP contribution >= 0.6 is 0 Å². The third-order valence-electron chi connectivity index (χ3n) is 3.92. The van der Waals surface area contributed by atoms with Gasteiger partial charge in [0.25, 0.3) is 0 Å². The van der Waals surface area contributed by atoms with Crippen molar-refractivity contribution in [3.63, 3.8) is 0 Å². The summed E-state index contributed by atoms with van der Waals surface area (Å²) in [6.45, 7) is 1.67. The van der Waals surface area contributed by atoms with Crippen molar-refractivity contribution in [2.75, 3.05) is 12.4 Å². The first-order valence-corrected chi connectivity index (χ1v) is 8.12. The summed E-state index contributed by atoms with van der Waals surface area (Å²) in [5, 5.41) is 2.64. The van der Waals surface area contributed by atoms with Gasteiger partial charge in [0.2, 0.25) is 5.91 Å². The highest BCUT2D eigenvalue weighted by Gasteiger charge is 2.41. The standard InChI is InChI=1S/C19H20F3N3O2/c1-12-6-8-14(9-7-12)16(23)17(26)24-15-5-3-4-13(10-15)11-25(2)18(27)19(20,21)22/h3-10,16H,11,23H2,1-2H3,(H,24,26). The second-order valence-electron chi connectivity index (χ2n) is 6.24. The molecule has 2 aromatic rings. The number of benzene rings is 2. The lowest BCUT2D eigenvalue weighted by atomic mass is 10.1. The van der Waals surface area contributed by atoms with E-state index in [4.69, 9.17) is 5.73 Å². The van der Waals surface area contributed by atoms with E-state index >= 15 is 0 Å². The lowest BCUT2D eigenvalue weighted by Crippen LogP contribution is -2.37. The van der Waals surface area contributed by atoms with Gasteiger partial charge in [0.1, 0.15) is 6.04 Å². The normalized spacial score (nSPS) is 12.4. The van der Waals surface area contributed by atoms with E-state index in [1.807, 2.05) is 19.1 Å². The number of nitrogens with two attached hydrogens (primary N) is 1. The molecule has 0 aliphatic carbocycles. The van der Waals surface area contributed by atoms with Crippen molar-refractivity contribution < 1.29 is 22.8 Å². The Hall–Kier alpha value is -2.87. The van der Waals surface area contributed by atoms with E-state index in [1.54, 1.807) is 30.3 Å². The third-order valence-corrected chi connectivity index (χ3v) is 3.92. The van der Waals surface area contributed by atoms with Gasteiger partial charge in [-0.05, 0) is 30.2 Å². The number of hydrogen-bond donors (Lipinski definition) is 2. The van der Waals surface area contributed by atoms with Gasteiger partial charge < -0.3 is 16.0 Å². The predicted octanol–water partition coefficient (Wildman–Crippen LogP) is 3.15. The topological polar surface area (TPSA) is 75.4 Å². The summed E-state index contributed by atoms with van der Waals surface area (Å²) in [4.78, 5) is 24.1. The molecule has 0 radical (unpaired) electrons. The Labute approximate surface area is 155 Å². The maximum absolute atomic E-state index is 12.5. The Kier molecular flexibility index (Phi) is 6.22. The lowest BCUT2D eigenvalue weighted by Gasteiger charge is -2.19. The van der Waals surface area contributed by atoms with Crippen molar-refractivity contribution in [2.45, 2.75) is 25.7 Å². The molecule has 2 rings (SSSR count). The fourth-order valence-electron chi connectivity index (χ4n) is 2.45. The molecule has 144 valence electrons. The van der Waals surface area contributed by atoms with Crippen LogP contribution in [-0.4, -0.2) is 29.9 Å². The molecule has 5 nitrogen and oxygen atoms in total. The minimum Gasteiger partial charge on any atom is -0.334 e. The Morgan fingerprint density at radius 3 is 2.37 bits per heavy atom. The maximum atomic E-state index is 12.5. The van der Waals surface area contributed by atoms with Crippen LogP contribution in [0.3, 0.4) is 0 Å². The van der Waals surface area contributed by atoms with Crippen molar-refractivity contribution in [3.05, 3.63) is 65.2 Å². The molecule has 0 aromatic heterocycles. The second-order valence-corrected chi connectivity index (χ2v) is 6.24. The molecule has 0 saturated heterocycles. The van der Waals surface area contributed by atoms with Crippen molar-refractivity contribution in [1.29, 1.82) is 0 Å². The van der Waals surface area contributed by atoms with Crippen LogP contribution in [0.25, 0.3) is 0 Å². The highest BCUT2D eigenvalue weighted by Crippen LogP contribution is 2.20. The summed E-state index contributed by atoms with van der Waals surface area (Å²) < 4.78 is 37.4. The van der Waals surface area contributed by atoms with Crippen molar-refractivity contribution >= 4 is 17.5 Å². The van der Waals surface area contributed by atoms with Crippen LogP contribution in [0.4, 0.5) is 18.9 Å². The number of hydrogen-bond acceptors (Lipinski definition) is 3. The average molecular weight is 379 g/mol. The summed E-state index contributed by atoms with van der Waals surface area (Å²) >= 11 is 0. The van der Waals surface area contributed by atoms with Gasteiger partial charge in [-0.2, -0.15) is 13.2 Å². The predicted molar refractivity (Wildman–Crippen MR) is 95.7 cm³/mol. The number of aryl methyl sites for hydroxylation is 1. The molecule has 0 fully saturated rings. The Morgan fingerprint density at radius 1 is 1.15 bits per heavy atom. The highest BCUT2D eigenvalue weighted by molar-refractivity contribution is 5.95. The van der Waals surface area contributed by atoms with E-state index in [0.29, 0.717) is 21.7 Å². The largest absolute Gasteiger partial charge is 0.471 e. The number of nitrogens with one attached hydrogen (secondary N) is 1. The van der Waals surface area contributed by atoms with E-state index < -0.39 is 24.0 Å². The van der Waals surface area contributed by atoms with Crippen molar-refractivity contribution in [2.24, 2.45) is 5.73 Å². The van der Waals surface area contributed by atoms with Crippen molar-refractivity contribution in [3.8, 4) is 0 Å².